The molecule has 0 aromatic heterocycles. The molecule has 35 heavy (non-hydrogen) atoms. The van der Waals surface area contributed by atoms with Gasteiger partial charge in [-0.2, -0.15) is 0 Å². The Hall–Kier alpha value is -2.39. The quantitative estimate of drug-likeness (QED) is 0.115. The number of hydrogen-bond acceptors (Lipinski definition) is 2. The molecule has 1 aromatic rings. The molecule has 1 aromatic carbocycles. The average Bonchev–Trinajstić information content (AvgIpc) is 2.86. The van der Waals surface area contributed by atoms with Crippen LogP contribution in [-0.4, -0.2) is 24.3 Å². The van der Waals surface area contributed by atoms with Crippen molar-refractivity contribution < 1.29 is 14.6 Å². The van der Waals surface area contributed by atoms with Crippen LogP contribution >= 0.6 is 0 Å². The maximum atomic E-state index is 12.0. The number of unbranched alkanes of at least 4 members (excludes halogenated alkanes) is 8. The van der Waals surface area contributed by atoms with Crippen LogP contribution in [0.15, 0.2) is 60.2 Å². The summed E-state index contributed by atoms with van der Waals surface area (Å²) in [5, 5.41) is 9.87. The van der Waals surface area contributed by atoms with Gasteiger partial charge in [0.15, 0.2) is 0 Å². The lowest BCUT2D eigenvalue weighted by Crippen LogP contribution is -2.18. The maximum absolute atomic E-state index is 12.0. The fraction of sp³-hybridized carbons (Fsp3) is 0.531. The third kappa shape index (κ3) is 14.6. The van der Waals surface area contributed by atoms with Gasteiger partial charge in [-0.1, -0.05) is 126 Å². The van der Waals surface area contributed by atoms with E-state index >= 15 is 0 Å². The number of aliphatic carboxylic acids is 1. The summed E-state index contributed by atoms with van der Waals surface area (Å²) in [4.78, 5) is 12.0. The molecule has 0 spiro atoms. The number of carboxylic acid groups (broad SMARTS) is 1. The summed E-state index contributed by atoms with van der Waals surface area (Å²) in [5.41, 5.74) is 2.33. The molecule has 1 rings (SSSR count). The van der Waals surface area contributed by atoms with Crippen LogP contribution in [-0.2, 0) is 9.53 Å². The minimum absolute atomic E-state index is 0.122. The molecule has 0 bridgehead atoms. The molecule has 1 atom stereocenters. The fourth-order valence-electron chi connectivity index (χ4n) is 3.90. The van der Waals surface area contributed by atoms with Gasteiger partial charge in [0.1, 0.15) is 0 Å². The van der Waals surface area contributed by atoms with E-state index in [1.54, 1.807) is 0 Å². The second kappa shape index (κ2) is 20.9. The normalized spacial score (nSPS) is 13.4. The lowest BCUT2D eigenvalue weighted by Gasteiger charge is -2.17. The third-order valence-corrected chi connectivity index (χ3v) is 6.17. The minimum atomic E-state index is -0.874. The van der Waals surface area contributed by atoms with E-state index in [0.29, 0.717) is 18.8 Å². The van der Waals surface area contributed by atoms with Gasteiger partial charge in [-0.05, 0) is 42.9 Å². The number of benzene rings is 1. The van der Waals surface area contributed by atoms with Gasteiger partial charge in [0.05, 0.1) is 6.61 Å². The van der Waals surface area contributed by atoms with Crippen LogP contribution in [0.1, 0.15) is 103 Å². The standard InChI is InChI=1S/C32H48O3/c1-4-7-9-10-11-12-13-14-15-16-17-18-19-22-29-23-20-21-24-30(29)26-31(32(33)34)28(6-3)27-35-25-8-5-2/h15-24,26,28H,4-14,25,27H2,1-3H3,(H,33,34). The zero-order chi connectivity index (χ0) is 25.6. The highest BCUT2D eigenvalue weighted by Gasteiger charge is 2.19. The van der Waals surface area contributed by atoms with Gasteiger partial charge in [-0.25, -0.2) is 4.79 Å². The molecule has 0 amide bonds. The summed E-state index contributed by atoms with van der Waals surface area (Å²) >= 11 is 0. The number of carboxylic acids is 1. The van der Waals surface area contributed by atoms with Crippen molar-refractivity contribution in [3.8, 4) is 0 Å². The molecule has 3 nitrogen and oxygen atoms in total. The van der Waals surface area contributed by atoms with E-state index in [0.717, 1.165) is 36.8 Å². The van der Waals surface area contributed by atoms with Crippen LogP contribution in [0.25, 0.3) is 12.2 Å². The number of allylic oxidation sites excluding steroid dienone is 5. The maximum Gasteiger partial charge on any atom is 0.331 e. The Morgan fingerprint density at radius 2 is 1.51 bits per heavy atom. The average molecular weight is 481 g/mol. The number of carbonyl (C=O) groups is 1. The Balaban J connectivity index is 2.66. The second-order valence-electron chi connectivity index (χ2n) is 9.15. The van der Waals surface area contributed by atoms with E-state index < -0.39 is 5.97 Å². The largest absolute Gasteiger partial charge is 0.478 e. The van der Waals surface area contributed by atoms with Crippen LogP contribution in [0.2, 0.25) is 0 Å². The van der Waals surface area contributed by atoms with Crippen molar-refractivity contribution in [3.63, 3.8) is 0 Å². The smallest absolute Gasteiger partial charge is 0.331 e. The predicted octanol–water partition coefficient (Wildman–Crippen LogP) is 9.26. The van der Waals surface area contributed by atoms with Crippen LogP contribution in [0.5, 0.6) is 0 Å². The molecule has 3 heteroatoms. The van der Waals surface area contributed by atoms with Gasteiger partial charge in [-0.3, -0.25) is 0 Å². The highest BCUT2D eigenvalue weighted by Crippen LogP contribution is 2.22. The zero-order valence-electron chi connectivity index (χ0n) is 22.4. The highest BCUT2D eigenvalue weighted by atomic mass is 16.5. The van der Waals surface area contributed by atoms with E-state index in [1.807, 2.05) is 55.5 Å². The summed E-state index contributed by atoms with van der Waals surface area (Å²) in [6, 6.07) is 7.92. The molecule has 194 valence electrons. The Kier molecular flexibility index (Phi) is 18.3. The molecule has 0 aliphatic heterocycles. The molecule has 0 aliphatic rings. The Morgan fingerprint density at radius 3 is 2.20 bits per heavy atom. The monoisotopic (exact) mass is 480 g/mol. The first-order valence-electron chi connectivity index (χ1n) is 13.7. The van der Waals surface area contributed by atoms with Crippen molar-refractivity contribution in [2.45, 2.75) is 91.4 Å². The summed E-state index contributed by atoms with van der Waals surface area (Å²) in [6.45, 7) is 7.52. The van der Waals surface area contributed by atoms with E-state index in [4.69, 9.17) is 4.74 Å². The van der Waals surface area contributed by atoms with Crippen molar-refractivity contribution in [1.29, 1.82) is 0 Å². The van der Waals surface area contributed by atoms with Crippen LogP contribution in [0.4, 0.5) is 0 Å². The van der Waals surface area contributed by atoms with Gasteiger partial charge in [0.2, 0.25) is 0 Å². The van der Waals surface area contributed by atoms with Crippen LogP contribution in [0, 0.1) is 5.92 Å². The Morgan fingerprint density at radius 1 is 0.857 bits per heavy atom. The molecule has 0 heterocycles. The summed E-state index contributed by atoms with van der Waals surface area (Å²) < 4.78 is 5.75. The number of rotatable bonds is 20. The first kappa shape index (κ1) is 30.6. The van der Waals surface area contributed by atoms with E-state index in [1.165, 1.54) is 44.9 Å². The summed E-state index contributed by atoms with van der Waals surface area (Å²) in [7, 11) is 0. The molecule has 0 radical (unpaired) electrons. The van der Waals surface area contributed by atoms with Crippen molar-refractivity contribution >= 4 is 18.1 Å². The molecule has 0 fully saturated rings. The highest BCUT2D eigenvalue weighted by molar-refractivity contribution is 5.93. The molecule has 1 N–H and O–H groups in total. The Labute approximate surface area is 214 Å². The molecular formula is C32H48O3. The predicted molar refractivity (Wildman–Crippen MR) is 151 cm³/mol. The van der Waals surface area contributed by atoms with Crippen molar-refractivity contribution in [3.05, 3.63) is 71.3 Å². The number of ether oxygens (including phenoxy) is 1. The van der Waals surface area contributed by atoms with Gasteiger partial charge >= 0.3 is 5.97 Å². The molecule has 0 saturated heterocycles. The molecular weight excluding hydrogens is 432 g/mol. The van der Waals surface area contributed by atoms with Crippen LogP contribution in [0.3, 0.4) is 0 Å². The van der Waals surface area contributed by atoms with Crippen molar-refractivity contribution in [2.24, 2.45) is 5.92 Å². The summed E-state index contributed by atoms with van der Waals surface area (Å²) in [6.07, 6.45) is 27.6. The summed E-state index contributed by atoms with van der Waals surface area (Å²) in [5.74, 6) is -0.997. The van der Waals surface area contributed by atoms with Crippen LogP contribution < -0.4 is 0 Å². The lowest BCUT2D eigenvalue weighted by molar-refractivity contribution is -0.133. The first-order valence-corrected chi connectivity index (χ1v) is 13.7. The molecule has 1 unspecified atom stereocenters. The molecule has 0 saturated carbocycles. The van der Waals surface area contributed by atoms with Crippen molar-refractivity contribution in [2.75, 3.05) is 13.2 Å². The van der Waals surface area contributed by atoms with Gasteiger partial charge in [-0.15, -0.1) is 0 Å². The third-order valence-electron chi connectivity index (χ3n) is 6.17. The SMILES string of the molecule is CCCCCCCCCC=CC=CC=Cc1ccccc1C=C(C(=O)O)C(CC)COCCCC. The lowest BCUT2D eigenvalue weighted by atomic mass is 9.93. The number of hydrogen-bond donors (Lipinski definition) is 1. The minimum Gasteiger partial charge on any atom is -0.478 e. The zero-order valence-corrected chi connectivity index (χ0v) is 22.4. The van der Waals surface area contributed by atoms with E-state index in [9.17, 15) is 9.90 Å². The first-order chi connectivity index (χ1) is 17.1. The Bertz CT molecular complexity index is 801. The van der Waals surface area contributed by atoms with Crippen molar-refractivity contribution in [1.82, 2.24) is 0 Å². The van der Waals surface area contributed by atoms with Gasteiger partial charge in [0.25, 0.3) is 0 Å². The van der Waals surface area contributed by atoms with E-state index in [-0.39, 0.29) is 5.92 Å². The molecule has 0 aliphatic carbocycles. The van der Waals surface area contributed by atoms with E-state index in [2.05, 4.69) is 32.1 Å². The second-order valence-corrected chi connectivity index (χ2v) is 9.15. The topological polar surface area (TPSA) is 46.5 Å². The fourth-order valence-corrected chi connectivity index (χ4v) is 3.90. The van der Waals surface area contributed by atoms with Gasteiger partial charge < -0.3 is 9.84 Å². The van der Waals surface area contributed by atoms with Gasteiger partial charge in [0, 0.05) is 18.1 Å².